The smallest absolute Gasteiger partial charge is 0.146 e. The molecule has 1 heterocycles. The SMILES string of the molecule is CCc1ccc(C(O)c2c(F)ccc(Br)c2F)s1. The molecule has 2 aromatic rings. The molecule has 0 saturated carbocycles. The van der Waals surface area contributed by atoms with E-state index in [4.69, 9.17) is 0 Å². The summed E-state index contributed by atoms with van der Waals surface area (Å²) in [4.78, 5) is 1.61. The maximum absolute atomic E-state index is 13.8. The van der Waals surface area contributed by atoms with Crippen molar-refractivity contribution in [2.45, 2.75) is 19.4 Å². The van der Waals surface area contributed by atoms with Crippen LogP contribution in [0.3, 0.4) is 0 Å². The van der Waals surface area contributed by atoms with E-state index in [9.17, 15) is 13.9 Å². The highest BCUT2D eigenvalue weighted by Crippen LogP contribution is 2.33. The van der Waals surface area contributed by atoms with Gasteiger partial charge in [-0.3, -0.25) is 0 Å². The lowest BCUT2D eigenvalue weighted by molar-refractivity contribution is 0.212. The molecule has 1 unspecified atom stereocenters. The van der Waals surface area contributed by atoms with Crippen LogP contribution in [0.2, 0.25) is 0 Å². The molecule has 0 saturated heterocycles. The van der Waals surface area contributed by atoms with Crippen LogP contribution >= 0.6 is 27.3 Å². The minimum Gasteiger partial charge on any atom is -0.383 e. The number of aliphatic hydroxyl groups excluding tert-OH is 1. The van der Waals surface area contributed by atoms with Crippen molar-refractivity contribution >= 4 is 27.3 Å². The lowest BCUT2D eigenvalue weighted by Gasteiger charge is -2.12. The van der Waals surface area contributed by atoms with Crippen LogP contribution in [0, 0.1) is 11.6 Å². The molecule has 1 N–H and O–H groups in total. The van der Waals surface area contributed by atoms with Crippen molar-refractivity contribution in [1.82, 2.24) is 0 Å². The first kappa shape index (κ1) is 13.6. The van der Waals surface area contributed by atoms with Gasteiger partial charge in [0.25, 0.3) is 0 Å². The Morgan fingerprint density at radius 1 is 1.28 bits per heavy atom. The number of aliphatic hydroxyl groups is 1. The van der Waals surface area contributed by atoms with Crippen LogP contribution < -0.4 is 0 Å². The fourth-order valence-electron chi connectivity index (χ4n) is 1.67. The Morgan fingerprint density at radius 2 is 2.00 bits per heavy atom. The van der Waals surface area contributed by atoms with Gasteiger partial charge in [-0.1, -0.05) is 6.92 Å². The van der Waals surface area contributed by atoms with Gasteiger partial charge >= 0.3 is 0 Å². The monoisotopic (exact) mass is 332 g/mol. The predicted molar refractivity (Wildman–Crippen MR) is 71.8 cm³/mol. The number of hydrogen-bond acceptors (Lipinski definition) is 2. The zero-order chi connectivity index (χ0) is 13.3. The highest BCUT2D eigenvalue weighted by molar-refractivity contribution is 9.10. The lowest BCUT2D eigenvalue weighted by atomic mass is 10.1. The molecule has 0 bridgehead atoms. The lowest BCUT2D eigenvalue weighted by Crippen LogP contribution is -2.04. The number of hydrogen-bond donors (Lipinski definition) is 1. The minimum absolute atomic E-state index is 0.144. The first-order valence-electron chi connectivity index (χ1n) is 5.44. The van der Waals surface area contributed by atoms with E-state index in [0.717, 1.165) is 17.4 Å². The zero-order valence-corrected chi connectivity index (χ0v) is 12.0. The Morgan fingerprint density at radius 3 is 2.61 bits per heavy atom. The molecule has 2 rings (SSSR count). The van der Waals surface area contributed by atoms with Gasteiger partial charge in [0.15, 0.2) is 0 Å². The number of benzene rings is 1. The molecule has 0 aliphatic heterocycles. The Bertz CT molecular complexity index is 568. The summed E-state index contributed by atoms with van der Waals surface area (Å²) in [6.07, 6.45) is -0.436. The van der Waals surface area contributed by atoms with E-state index in [1.807, 2.05) is 13.0 Å². The van der Waals surface area contributed by atoms with Crippen molar-refractivity contribution in [2.75, 3.05) is 0 Å². The molecule has 0 radical (unpaired) electrons. The number of thiophene rings is 1. The van der Waals surface area contributed by atoms with Crippen LogP contribution in [-0.4, -0.2) is 5.11 Å². The molecule has 0 aliphatic carbocycles. The second kappa shape index (κ2) is 5.47. The molecular weight excluding hydrogens is 322 g/mol. The number of aryl methyl sites for hydroxylation is 1. The van der Waals surface area contributed by atoms with Gasteiger partial charge in [-0.05, 0) is 46.6 Å². The average Bonchev–Trinajstić information content (AvgIpc) is 2.83. The Balaban J connectivity index is 2.45. The summed E-state index contributed by atoms with van der Waals surface area (Å²) in [6, 6.07) is 5.98. The predicted octanol–water partition coefficient (Wildman–Crippen LogP) is 4.43. The summed E-state index contributed by atoms with van der Waals surface area (Å²) >= 11 is 4.35. The minimum atomic E-state index is -1.27. The van der Waals surface area contributed by atoms with Crippen molar-refractivity contribution in [3.05, 3.63) is 55.7 Å². The molecule has 96 valence electrons. The Labute approximate surface area is 116 Å². The van der Waals surface area contributed by atoms with E-state index in [1.165, 1.54) is 17.4 Å². The second-order valence-corrected chi connectivity index (χ2v) is 5.87. The molecular formula is C13H11BrF2OS. The van der Waals surface area contributed by atoms with Gasteiger partial charge in [0.05, 0.1) is 10.0 Å². The van der Waals surface area contributed by atoms with E-state index in [-0.39, 0.29) is 10.0 Å². The van der Waals surface area contributed by atoms with Crippen molar-refractivity contribution in [1.29, 1.82) is 0 Å². The van der Waals surface area contributed by atoms with Crippen molar-refractivity contribution in [3.8, 4) is 0 Å². The Kier molecular flexibility index (Phi) is 4.14. The van der Waals surface area contributed by atoms with E-state index >= 15 is 0 Å². The fraction of sp³-hybridized carbons (Fsp3) is 0.231. The third-order valence-corrected chi connectivity index (χ3v) is 4.55. The van der Waals surface area contributed by atoms with E-state index in [1.54, 1.807) is 6.07 Å². The maximum atomic E-state index is 13.8. The quantitative estimate of drug-likeness (QED) is 0.824. The van der Waals surface area contributed by atoms with Gasteiger partial charge in [-0.15, -0.1) is 11.3 Å². The standard InChI is InChI=1S/C13H11BrF2OS/c1-2-7-3-6-10(18-7)13(17)11-9(15)5-4-8(14)12(11)16/h3-6,13,17H,2H2,1H3. The van der Waals surface area contributed by atoms with Crippen LogP contribution in [0.1, 0.15) is 28.3 Å². The molecule has 1 atom stereocenters. The summed E-state index contributed by atoms with van der Waals surface area (Å²) in [5, 5.41) is 10.1. The number of rotatable bonds is 3. The van der Waals surface area contributed by atoms with E-state index in [2.05, 4.69) is 15.9 Å². The van der Waals surface area contributed by atoms with Crippen molar-refractivity contribution < 1.29 is 13.9 Å². The summed E-state index contributed by atoms with van der Waals surface area (Å²) in [5.74, 6) is -1.50. The largest absolute Gasteiger partial charge is 0.383 e. The van der Waals surface area contributed by atoms with E-state index < -0.39 is 17.7 Å². The summed E-state index contributed by atoms with van der Waals surface area (Å²) < 4.78 is 27.6. The highest BCUT2D eigenvalue weighted by Gasteiger charge is 2.22. The van der Waals surface area contributed by atoms with Crippen LogP contribution in [0.5, 0.6) is 0 Å². The molecule has 5 heteroatoms. The van der Waals surface area contributed by atoms with Gasteiger partial charge in [-0.2, -0.15) is 0 Å². The highest BCUT2D eigenvalue weighted by atomic mass is 79.9. The van der Waals surface area contributed by atoms with Gasteiger partial charge in [0.2, 0.25) is 0 Å². The third-order valence-electron chi connectivity index (χ3n) is 2.65. The van der Waals surface area contributed by atoms with Gasteiger partial charge in [0, 0.05) is 9.75 Å². The Hall–Kier alpha value is -0.780. The molecule has 1 aromatic heterocycles. The van der Waals surface area contributed by atoms with Crippen LogP contribution in [-0.2, 0) is 6.42 Å². The summed E-state index contributed by atoms with van der Waals surface area (Å²) in [7, 11) is 0. The van der Waals surface area contributed by atoms with Crippen molar-refractivity contribution in [3.63, 3.8) is 0 Å². The topological polar surface area (TPSA) is 20.2 Å². The maximum Gasteiger partial charge on any atom is 0.146 e. The molecule has 0 spiro atoms. The van der Waals surface area contributed by atoms with Crippen molar-refractivity contribution in [2.24, 2.45) is 0 Å². The third kappa shape index (κ3) is 2.48. The first-order chi connectivity index (χ1) is 8.54. The van der Waals surface area contributed by atoms with Crippen LogP contribution in [0.4, 0.5) is 8.78 Å². The number of halogens is 3. The van der Waals surface area contributed by atoms with Crippen LogP contribution in [0.15, 0.2) is 28.7 Å². The zero-order valence-electron chi connectivity index (χ0n) is 9.58. The van der Waals surface area contributed by atoms with E-state index in [0.29, 0.717) is 4.88 Å². The molecule has 0 amide bonds. The summed E-state index contributed by atoms with van der Waals surface area (Å²) in [5.41, 5.74) is -0.311. The molecule has 0 fully saturated rings. The molecule has 1 nitrogen and oxygen atoms in total. The molecule has 18 heavy (non-hydrogen) atoms. The first-order valence-corrected chi connectivity index (χ1v) is 7.05. The average molecular weight is 333 g/mol. The second-order valence-electron chi connectivity index (χ2n) is 3.82. The molecule has 1 aromatic carbocycles. The fourth-order valence-corrected chi connectivity index (χ4v) is 2.96. The normalized spacial score (nSPS) is 12.7. The molecule has 0 aliphatic rings. The summed E-state index contributed by atoms with van der Waals surface area (Å²) in [6.45, 7) is 1.99. The van der Waals surface area contributed by atoms with Gasteiger partial charge in [0.1, 0.15) is 17.7 Å². The van der Waals surface area contributed by atoms with Gasteiger partial charge < -0.3 is 5.11 Å². The van der Waals surface area contributed by atoms with Crippen LogP contribution in [0.25, 0.3) is 0 Å². The van der Waals surface area contributed by atoms with Gasteiger partial charge in [-0.25, -0.2) is 8.78 Å².